The van der Waals surface area contributed by atoms with Crippen LogP contribution in [0, 0.1) is 0 Å². The van der Waals surface area contributed by atoms with Crippen LogP contribution in [0.3, 0.4) is 0 Å². The first kappa shape index (κ1) is 13.6. The molecule has 0 aromatic heterocycles. The molecule has 0 saturated heterocycles. The van der Waals surface area contributed by atoms with Gasteiger partial charge in [-0.3, -0.25) is 17.6 Å². The first-order valence-electron chi connectivity index (χ1n) is 3.09. The lowest BCUT2D eigenvalue weighted by Gasteiger charge is -2.13. The summed E-state index contributed by atoms with van der Waals surface area (Å²) in [5.41, 5.74) is 0. The standard InChI is InChI=1S/C4H9Cl2O6P/c1-9-13(7,8)11-3-4(12-6)2-10-5/h4H,2-3H2,1H3,(H,7,8). The fraction of sp³-hybridized carbons (Fsp3) is 1.00. The molecule has 0 heterocycles. The topological polar surface area (TPSA) is 74.2 Å². The summed E-state index contributed by atoms with van der Waals surface area (Å²) in [6.45, 7) is -0.341. The largest absolute Gasteiger partial charge is 0.472 e. The van der Waals surface area contributed by atoms with E-state index in [0.29, 0.717) is 0 Å². The van der Waals surface area contributed by atoms with E-state index in [4.69, 9.17) is 28.6 Å². The van der Waals surface area contributed by atoms with Crippen LogP contribution in [0.4, 0.5) is 0 Å². The van der Waals surface area contributed by atoms with Gasteiger partial charge < -0.3 is 4.89 Å². The van der Waals surface area contributed by atoms with Crippen LogP contribution in [-0.2, 0) is 22.2 Å². The molecule has 80 valence electrons. The molecule has 0 rings (SSSR count). The molecule has 0 fully saturated rings. The van der Waals surface area contributed by atoms with E-state index < -0.39 is 13.9 Å². The van der Waals surface area contributed by atoms with Gasteiger partial charge in [-0.1, -0.05) is 0 Å². The minimum atomic E-state index is -4.00. The number of phosphoric acid groups is 1. The molecule has 2 unspecified atom stereocenters. The molecule has 0 amide bonds. The molecule has 13 heavy (non-hydrogen) atoms. The third kappa shape index (κ3) is 6.65. The van der Waals surface area contributed by atoms with Crippen molar-refractivity contribution < 1.29 is 27.1 Å². The summed E-state index contributed by atoms with van der Waals surface area (Å²) in [5.74, 6) is 0. The Morgan fingerprint density at radius 3 is 2.46 bits per heavy atom. The van der Waals surface area contributed by atoms with Gasteiger partial charge in [0.1, 0.15) is 6.10 Å². The summed E-state index contributed by atoms with van der Waals surface area (Å²) in [4.78, 5) is 8.77. The normalized spacial score (nSPS) is 18.2. The Labute approximate surface area is 85.6 Å². The van der Waals surface area contributed by atoms with Gasteiger partial charge >= 0.3 is 7.82 Å². The molecule has 0 aromatic rings. The predicted molar refractivity (Wildman–Crippen MR) is 45.3 cm³/mol. The zero-order valence-corrected chi connectivity index (χ0v) is 9.09. The average Bonchev–Trinajstić information content (AvgIpc) is 2.12. The lowest BCUT2D eigenvalue weighted by molar-refractivity contribution is 0.0718. The van der Waals surface area contributed by atoms with E-state index >= 15 is 0 Å². The summed E-state index contributed by atoms with van der Waals surface area (Å²) >= 11 is 9.89. The van der Waals surface area contributed by atoms with Gasteiger partial charge in [0.15, 0.2) is 0 Å². The maximum Gasteiger partial charge on any atom is 0.472 e. The SMILES string of the molecule is COP(=O)(O)OCC(COCl)OCl. The molecule has 0 bridgehead atoms. The van der Waals surface area contributed by atoms with E-state index in [2.05, 4.69) is 17.6 Å². The number of phosphoric ester groups is 1. The van der Waals surface area contributed by atoms with E-state index in [1.54, 1.807) is 0 Å². The van der Waals surface area contributed by atoms with Crippen LogP contribution < -0.4 is 0 Å². The van der Waals surface area contributed by atoms with E-state index in [1.807, 2.05) is 0 Å². The highest BCUT2D eigenvalue weighted by atomic mass is 35.5. The first-order valence-corrected chi connectivity index (χ1v) is 5.21. The van der Waals surface area contributed by atoms with Crippen LogP contribution in [0.25, 0.3) is 0 Å². The van der Waals surface area contributed by atoms with Crippen molar-refractivity contribution in [3.8, 4) is 0 Å². The van der Waals surface area contributed by atoms with Crippen molar-refractivity contribution in [3.05, 3.63) is 0 Å². The van der Waals surface area contributed by atoms with E-state index in [1.165, 1.54) is 0 Å². The Balaban J connectivity index is 3.77. The van der Waals surface area contributed by atoms with Crippen molar-refractivity contribution in [2.45, 2.75) is 6.10 Å². The molecule has 6 nitrogen and oxygen atoms in total. The summed E-state index contributed by atoms with van der Waals surface area (Å²) < 4.78 is 27.7. The lowest BCUT2D eigenvalue weighted by Crippen LogP contribution is -2.20. The molecule has 0 aliphatic carbocycles. The molecule has 1 N–H and O–H groups in total. The number of halogens is 2. The van der Waals surface area contributed by atoms with Crippen molar-refractivity contribution in [2.24, 2.45) is 0 Å². The van der Waals surface area contributed by atoms with Gasteiger partial charge in [0.05, 0.1) is 36.9 Å². The second-order valence-corrected chi connectivity index (χ2v) is 3.89. The Morgan fingerprint density at radius 1 is 1.46 bits per heavy atom. The highest BCUT2D eigenvalue weighted by Crippen LogP contribution is 2.41. The Morgan fingerprint density at radius 2 is 2.08 bits per heavy atom. The van der Waals surface area contributed by atoms with Crippen LogP contribution in [0.1, 0.15) is 0 Å². The maximum absolute atomic E-state index is 10.7. The molecule has 0 spiro atoms. The van der Waals surface area contributed by atoms with Crippen LogP contribution in [-0.4, -0.2) is 31.3 Å². The maximum atomic E-state index is 10.7. The van der Waals surface area contributed by atoms with E-state index in [9.17, 15) is 4.57 Å². The monoisotopic (exact) mass is 254 g/mol. The second-order valence-electron chi connectivity index (χ2n) is 1.93. The Hall–Kier alpha value is 0.610. The van der Waals surface area contributed by atoms with Crippen molar-refractivity contribution in [2.75, 3.05) is 20.3 Å². The number of hydrogen-bond acceptors (Lipinski definition) is 5. The minimum Gasteiger partial charge on any atom is -0.303 e. The number of hydrogen-bond donors (Lipinski definition) is 1. The first-order chi connectivity index (χ1) is 6.05. The third-order valence-electron chi connectivity index (χ3n) is 1.03. The number of rotatable bonds is 7. The van der Waals surface area contributed by atoms with Gasteiger partial charge in [0.2, 0.25) is 0 Å². The molecular weight excluding hydrogens is 246 g/mol. The van der Waals surface area contributed by atoms with E-state index in [-0.39, 0.29) is 13.2 Å². The summed E-state index contributed by atoms with van der Waals surface area (Å²) in [6, 6.07) is 0. The Kier molecular flexibility index (Phi) is 7.30. The fourth-order valence-corrected chi connectivity index (χ4v) is 1.10. The minimum absolute atomic E-state index is 0.0746. The molecular formula is C4H9Cl2O6P. The van der Waals surface area contributed by atoms with Gasteiger partial charge in [-0.15, -0.1) is 0 Å². The van der Waals surface area contributed by atoms with Crippen molar-refractivity contribution in [1.82, 2.24) is 0 Å². The zero-order chi connectivity index (χ0) is 10.3. The predicted octanol–water partition coefficient (Wildman–Crippen LogP) is 1.46. The molecule has 9 heteroatoms. The second kappa shape index (κ2) is 6.98. The van der Waals surface area contributed by atoms with Gasteiger partial charge in [0, 0.05) is 7.11 Å². The van der Waals surface area contributed by atoms with Crippen LogP contribution in [0.5, 0.6) is 0 Å². The smallest absolute Gasteiger partial charge is 0.303 e. The molecule has 0 aliphatic rings. The average molecular weight is 255 g/mol. The molecule has 0 aliphatic heterocycles. The highest BCUT2D eigenvalue weighted by molar-refractivity contribution is 7.47. The molecule has 0 radical (unpaired) electrons. The van der Waals surface area contributed by atoms with Gasteiger partial charge in [-0.2, -0.15) is 0 Å². The lowest BCUT2D eigenvalue weighted by atomic mass is 10.4. The quantitative estimate of drug-likeness (QED) is 0.694. The molecule has 0 aromatic carbocycles. The van der Waals surface area contributed by atoms with Crippen LogP contribution >= 0.6 is 31.6 Å². The van der Waals surface area contributed by atoms with Crippen LogP contribution in [0.2, 0.25) is 0 Å². The Bertz CT molecular complexity index is 178. The third-order valence-corrected chi connectivity index (χ3v) is 2.34. The van der Waals surface area contributed by atoms with Gasteiger partial charge in [0.25, 0.3) is 0 Å². The summed E-state index contributed by atoms with van der Waals surface area (Å²) in [7, 11) is -2.96. The zero-order valence-electron chi connectivity index (χ0n) is 6.68. The van der Waals surface area contributed by atoms with Gasteiger partial charge in [-0.25, -0.2) is 4.57 Å². The van der Waals surface area contributed by atoms with Crippen molar-refractivity contribution in [3.63, 3.8) is 0 Å². The molecule has 2 atom stereocenters. The summed E-state index contributed by atoms with van der Waals surface area (Å²) in [5, 5.41) is 0. The van der Waals surface area contributed by atoms with E-state index in [0.717, 1.165) is 7.11 Å². The fourth-order valence-electron chi connectivity index (χ4n) is 0.400. The molecule has 0 saturated carbocycles. The highest BCUT2D eigenvalue weighted by Gasteiger charge is 2.21. The summed E-state index contributed by atoms with van der Waals surface area (Å²) in [6.07, 6.45) is -0.741. The van der Waals surface area contributed by atoms with Crippen molar-refractivity contribution in [1.29, 1.82) is 0 Å². The van der Waals surface area contributed by atoms with Crippen molar-refractivity contribution >= 4 is 31.6 Å². The van der Waals surface area contributed by atoms with Gasteiger partial charge in [-0.05, 0) is 0 Å². The van der Waals surface area contributed by atoms with Crippen LogP contribution in [0.15, 0.2) is 0 Å².